The van der Waals surface area contributed by atoms with Crippen molar-refractivity contribution >= 4 is 11.8 Å². The van der Waals surface area contributed by atoms with Crippen LogP contribution >= 0.6 is 0 Å². The van der Waals surface area contributed by atoms with E-state index in [4.69, 9.17) is 0 Å². The van der Waals surface area contributed by atoms with Gasteiger partial charge in [-0.05, 0) is 6.92 Å². The Balaban J connectivity index is 4.57. The Labute approximate surface area is 78.0 Å². The first-order valence-electron chi connectivity index (χ1n) is 3.65. The van der Waals surface area contributed by atoms with Crippen molar-refractivity contribution in [2.24, 2.45) is 0 Å². The molecule has 7 heteroatoms. The summed E-state index contributed by atoms with van der Waals surface area (Å²) in [6, 6.07) is 0. The van der Waals surface area contributed by atoms with Crippen LogP contribution < -0.4 is 0 Å². The highest BCUT2D eigenvalue weighted by atomic mass is 19.4. The van der Waals surface area contributed by atoms with E-state index < -0.39 is 24.0 Å². The Kier molecular flexibility index (Phi) is 4.55. The van der Waals surface area contributed by atoms with Crippen LogP contribution in [0.25, 0.3) is 0 Å². The van der Waals surface area contributed by atoms with E-state index in [9.17, 15) is 22.8 Å². The summed E-state index contributed by atoms with van der Waals surface area (Å²) in [6.45, 7) is 1.28. The fourth-order valence-electron chi connectivity index (χ4n) is 0.677. The molecule has 14 heavy (non-hydrogen) atoms. The monoisotopic (exact) mass is 214 g/mol. The summed E-state index contributed by atoms with van der Waals surface area (Å²) in [5.74, 6) is -3.60. The van der Waals surface area contributed by atoms with Crippen molar-refractivity contribution in [3.8, 4) is 0 Å². The molecule has 0 rings (SSSR count). The van der Waals surface area contributed by atoms with E-state index in [0.717, 1.165) is 7.11 Å². The minimum absolute atomic E-state index is 0.121. The van der Waals surface area contributed by atoms with Crippen molar-refractivity contribution in [3.63, 3.8) is 0 Å². The first kappa shape index (κ1) is 12.9. The molecule has 0 saturated carbocycles. The number of halogens is 3. The zero-order chi connectivity index (χ0) is 11.4. The zero-order valence-corrected chi connectivity index (χ0v) is 7.55. The molecule has 0 heterocycles. The molecule has 0 amide bonds. The molecule has 0 spiro atoms. The van der Waals surface area contributed by atoms with Crippen LogP contribution in [0.1, 0.15) is 6.92 Å². The smallest absolute Gasteiger partial charge is 0.453 e. The fourth-order valence-corrected chi connectivity index (χ4v) is 0.677. The van der Waals surface area contributed by atoms with Gasteiger partial charge in [0, 0.05) is 7.11 Å². The fraction of sp³-hybridized carbons (Fsp3) is 0.714. The lowest BCUT2D eigenvalue weighted by Gasteiger charge is -2.13. The van der Waals surface area contributed by atoms with E-state index in [0.29, 0.717) is 0 Å². The molecular formula is C7H9F3O4. The van der Waals surface area contributed by atoms with Crippen LogP contribution in [0, 0.1) is 0 Å². The van der Waals surface area contributed by atoms with Crippen LogP contribution in [-0.2, 0) is 19.1 Å². The van der Waals surface area contributed by atoms with Gasteiger partial charge in [0.15, 0.2) is 0 Å². The molecule has 0 aliphatic carbocycles. The molecule has 0 aromatic heterocycles. The predicted octanol–water partition coefficient (Wildman–Crippen LogP) is 0.696. The van der Waals surface area contributed by atoms with Gasteiger partial charge in [-0.15, -0.1) is 0 Å². The number of esters is 1. The van der Waals surface area contributed by atoms with Gasteiger partial charge in [-0.25, -0.2) is 4.79 Å². The van der Waals surface area contributed by atoms with Gasteiger partial charge in [0.25, 0.3) is 5.78 Å². The Hall–Kier alpha value is -1.11. The summed E-state index contributed by atoms with van der Waals surface area (Å²) in [5.41, 5.74) is 0. The van der Waals surface area contributed by atoms with Gasteiger partial charge < -0.3 is 9.47 Å². The van der Waals surface area contributed by atoms with Crippen LogP contribution in [0.3, 0.4) is 0 Å². The molecule has 1 atom stereocenters. The number of methoxy groups -OCH3 is 1. The first-order valence-corrected chi connectivity index (χ1v) is 3.65. The maximum Gasteiger partial charge on any atom is 0.453 e. The maximum absolute atomic E-state index is 11.8. The van der Waals surface area contributed by atoms with Gasteiger partial charge in [-0.2, -0.15) is 13.2 Å². The number of ether oxygens (including phenoxy) is 2. The number of hydrogen-bond donors (Lipinski definition) is 0. The minimum Gasteiger partial charge on any atom is -0.464 e. The van der Waals surface area contributed by atoms with Crippen LogP contribution in [-0.4, -0.2) is 37.7 Å². The van der Waals surface area contributed by atoms with E-state index in [1.165, 1.54) is 6.92 Å². The predicted molar refractivity (Wildman–Crippen MR) is 38.5 cm³/mol. The number of rotatable bonds is 4. The molecule has 0 saturated heterocycles. The lowest BCUT2D eigenvalue weighted by atomic mass is 10.2. The third-order valence-corrected chi connectivity index (χ3v) is 1.25. The minimum atomic E-state index is -5.10. The second kappa shape index (κ2) is 4.94. The summed E-state index contributed by atoms with van der Waals surface area (Å²) >= 11 is 0. The molecule has 0 N–H and O–H groups in total. The van der Waals surface area contributed by atoms with Crippen molar-refractivity contribution in [2.75, 3.05) is 13.7 Å². The molecule has 0 radical (unpaired) electrons. The van der Waals surface area contributed by atoms with Crippen molar-refractivity contribution in [1.82, 2.24) is 0 Å². The molecule has 4 nitrogen and oxygen atoms in total. The lowest BCUT2D eigenvalue weighted by Crippen LogP contribution is -2.42. The number of carbonyl (C=O) groups is 2. The van der Waals surface area contributed by atoms with Crippen LogP contribution in [0.4, 0.5) is 13.2 Å². The second-order valence-corrected chi connectivity index (χ2v) is 2.23. The SMILES string of the molecule is CCOC(=O)[C@@H](OC)C(=O)C(F)(F)F. The van der Waals surface area contributed by atoms with Gasteiger partial charge >= 0.3 is 12.1 Å². The van der Waals surface area contributed by atoms with Crippen molar-refractivity contribution in [2.45, 2.75) is 19.2 Å². The number of alkyl halides is 3. The average molecular weight is 214 g/mol. The summed E-state index contributed by atoms with van der Waals surface area (Å²) < 4.78 is 43.9. The van der Waals surface area contributed by atoms with E-state index in [-0.39, 0.29) is 6.61 Å². The molecule has 0 aromatic carbocycles. The second-order valence-electron chi connectivity index (χ2n) is 2.23. The molecule has 0 aliphatic rings. The van der Waals surface area contributed by atoms with Crippen molar-refractivity contribution < 1.29 is 32.2 Å². The molecule has 0 unspecified atom stereocenters. The zero-order valence-electron chi connectivity index (χ0n) is 7.55. The molecular weight excluding hydrogens is 205 g/mol. The Morgan fingerprint density at radius 2 is 1.86 bits per heavy atom. The highest BCUT2D eigenvalue weighted by molar-refractivity contribution is 6.04. The Bertz CT molecular complexity index is 223. The first-order chi connectivity index (χ1) is 6.34. The molecule has 0 fully saturated rings. The van der Waals surface area contributed by atoms with Gasteiger partial charge in [0.05, 0.1) is 6.61 Å². The van der Waals surface area contributed by atoms with Crippen molar-refractivity contribution in [3.05, 3.63) is 0 Å². The quantitative estimate of drug-likeness (QED) is 0.510. The topological polar surface area (TPSA) is 52.6 Å². The molecule has 0 bridgehead atoms. The molecule has 82 valence electrons. The normalized spacial score (nSPS) is 13.5. The summed E-state index contributed by atoms with van der Waals surface area (Å²) in [5, 5.41) is 0. The largest absolute Gasteiger partial charge is 0.464 e. The van der Waals surface area contributed by atoms with Gasteiger partial charge in [-0.3, -0.25) is 4.79 Å². The third-order valence-electron chi connectivity index (χ3n) is 1.25. The van der Waals surface area contributed by atoms with Crippen LogP contribution in [0.15, 0.2) is 0 Å². The van der Waals surface area contributed by atoms with Gasteiger partial charge in [0.1, 0.15) is 0 Å². The number of ketones is 1. The molecule has 0 aromatic rings. The summed E-state index contributed by atoms with van der Waals surface area (Å²) in [4.78, 5) is 21.4. The van der Waals surface area contributed by atoms with Crippen LogP contribution in [0.5, 0.6) is 0 Å². The Morgan fingerprint density at radius 3 is 2.14 bits per heavy atom. The molecule has 0 aliphatic heterocycles. The third kappa shape index (κ3) is 3.33. The highest BCUT2D eigenvalue weighted by Gasteiger charge is 2.47. The highest BCUT2D eigenvalue weighted by Crippen LogP contribution is 2.19. The standard InChI is InChI=1S/C7H9F3O4/c1-3-14-6(12)4(13-2)5(11)7(8,9)10/h4H,3H2,1-2H3/t4-/m0/s1. The number of Topliss-reactive ketones (excluding diaryl/α,β-unsaturated/α-hetero) is 1. The van der Waals surface area contributed by atoms with Gasteiger partial charge in [0.2, 0.25) is 6.10 Å². The number of carbonyl (C=O) groups excluding carboxylic acids is 2. The van der Waals surface area contributed by atoms with E-state index in [1.807, 2.05) is 0 Å². The summed E-state index contributed by atoms with van der Waals surface area (Å²) in [7, 11) is 0.825. The summed E-state index contributed by atoms with van der Waals surface area (Å²) in [6.07, 6.45) is -7.33. The van der Waals surface area contributed by atoms with Crippen molar-refractivity contribution in [1.29, 1.82) is 0 Å². The average Bonchev–Trinajstić information content (AvgIpc) is 2.04. The number of hydrogen-bond acceptors (Lipinski definition) is 4. The maximum atomic E-state index is 11.8. The van der Waals surface area contributed by atoms with Crippen LogP contribution in [0.2, 0.25) is 0 Å². The van der Waals surface area contributed by atoms with Gasteiger partial charge in [-0.1, -0.05) is 0 Å². The van der Waals surface area contributed by atoms with E-state index in [2.05, 4.69) is 9.47 Å². The van der Waals surface area contributed by atoms with E-state index in [1.54, 1.807) is 0 Å². The lowest BCUT2D eigenvalue weighted by molar-refractivity contribution is -0.188. The van der Waals surface area contributed by atoms with E-state index >= 15 is 0 Å². The Morgan fingerprint density at radius 1 is 1.36 bits per heavy atom.